The van der Waals surface area contributed by atoms with Gasteiger partial charge in [0.2, 0.25) is 0 Å². The number of ether oxygens (including phenoxy) is 3. The summed E-state index contributed by atoms with van der Waals surface area (Å²) in [5, 5.41) is 0. The van der Waals surface area contributed by atoms with Crippen molar-refractivity contribution >= 4 is 27.9 Å². The van der Waals surface area contributed by atoms with E-state index in [2.05, 4.69) is 4.98 Å². The summed E-state index contributed by atoms with van der Waals surface area (Å²) in [5.74, 6) is -1.96. The number of nitrogen functional groups attached to an aromatic ring is 1. The summed E-state index contributed by atoms with van der Waals surface area (Å²) in [4.78, 5) is 40.5. The molecule has 0 spiro atoms. The van der Waals surface area contributed by atoms with Gasteiger partial charge in [-0.2, -0.15) is 13.4 Å². The normalized spacial score (nSPS) is 20.9. The first-order valence-electron chi connectivity index (χ1n) is 11.9. The fourth-order valence-electron chi connectivity index (χ4n) is 4.18. The number of carbonyl (C=O) groups excluding carboxylic acids is 2. The maximum absolute atomic E-state index is 13.0. The molecule has 2 N–H and O–H groups in total. The van der Waals surface area contributed by atoms with Crippen LogP contribution in [0.25, 0.3) is 11.1 Å². The molecular formula is C26H27N3O9S. The minimum atomic E-state index is -4.27. The highest BCUT2D eigenvalue weighted by molar-refractivity contribution is 7.85. The maximum Gasteiger partial charge on any atom is 0.351 e. The van der Waals surface area contributed by atoms with Crippen molar-refractivity contribution < 1.29 is 36.4 Å². The van der Waals surface area contributed by atoms with Crippen molar-refractivity contribution in [3.8, 4) is 11.1 Å². The second-order valence-electron chi connectivity index (χ2n) is 8.79. The van der Waals surface area contributed by atoms with Crippen LogP contribution in [0.4, 0.5) is 5.82 Å². The molecule has 4 atom stereocenters. The second-order valence-corrected chi connectivity index (χ2v) is 10.4. The van der Waals surface area contributed by atoms with Crippen molar-refractivity contribution in [1.82, 2.24) is 9.55 Å². The van der Waals surface area contributed by atoms with Gasteiger partial charge in [-0.05, 0) is 11.1 Å². The Morgan fingerprint density at radius 2 is 1.64 bits per heavy atom. The van der Waals surface area contributed by atoms with E-state index >= 15 is 0 Å². The molecule has 0 radical (unpaired) electrons. The smallest absolute Gasteiger partial charge is 0.351 e. The van der Waals surface area contributed by atoms with Gasteiger partial charge in [-0.25, -0.2) is 4.79 Å². The first-order valence-corrected chi connectivity index (χ1v) is 13.5. The van der Waals surface area contributed by atoms with Gasteiger partial charge in [0.25, 0.3) is 10.1 Å². The first kappa shape index (κ1) is 28.0. The van der Waals surface area contributed by atoms with Gasteiger partial charge in [0.15, 0.2) is 12.3 Å². The molecular weight excluding hydrogens is 530 g/mol. The van der Waals surface area contributed by atoms with Gasteiger partial charge in [-0.1, -0.05) is 60.7 Å². The van der Waals surface area contributed by atoms with Crippen LogP contribution in [0.1, 0.15) is 25.6 Å². The third-order valence-corrected chi connectivity index (χ3v) is 7.02. The van der Waals surface area contributed by atoms with E-state index < -0.39 is 64.6 Å². The Labute approximate surface area is 224 Å². The molecule has 3 aromatic rings. The molecule has 0 saturated carbocycles. The number of carbonyl (C=O) groups is 2. The minimum absolute atomic E-state index is 0.0424. The molecule has 0 amide bonds. The molecule has 0 unspecified atom stereocenters. The number of anilines is 1. The Bertz CT molecular complexity index is 1490. The molecule has 13 heteroatoms. The van der Waals surface area contributed by atoms with E-state index in [1.165, 1.54) is 13.1 Å². The lowest BCUT2D eigenvalue weighted by atomic mass is 10.1. The van der Waals surface area contributed by atoms with E-state index in [9.17, 15) is 22.8 Å². The molecule has 39 heavy (non-hydrogen) atoms. The van der Waals surface area contributed by atoms with Gasteiger partial charge >= 0.3 is 17.6 Å². The van der Waals surface area contributed by atoms with Crippen molar-refractivity contribution in [2.45, 2.75) is 44.1 Å². The number of aromatic nitrogens is 2. The number of nitrogens with two attached hydrogens (primary N) is 1. The van der Waals surface area contributed by atoms with Crippen LogP contribution < -0.4 is 11.4 Å². The highest BCUT2D eigenvalue weighted by atomic mass is 32.2. The van der Waals surface area contributed by atoms with E-state index in [0.717, 1.165) is 11.5 Å². The highest BCUT2D eigenvalue weighted by Gasteiger charge is 2.51. The van der Waals surface area contributed by atoms with Crippen LogP contribution in [-0.4, -0.2) is 54.8 Å². The zero-order valence-electron chi connectivity index (χ0n) is 21.1. The Kier molecular flexibility index (Phi) is 8.43. The summed E-state index contributed by atoms with van der Waals surface area (Å²) in [6.45, 7) is 1.85. The van der Waals surface area contributed by atoms with Crippen molar-refractivity contribution in [3.05, 3.63) is 82.9 Å². The first-order chi connectivity index (χ1) is 18.5. The van der Waals surface area contributed by atoms with Crippen LogP contribution >= 0.6 is 0 Å². The molecule has 4 rings (SSSR count). The molecule has 206 valence electrons. The van der Waals surface area contributed by atoms with Gasteiger partial charge in [-0.3, -0.25) is 18.3 Å². The van der Waals surface area contributed by atoms with Gasteiger partial charge < -0.3 is 19.9 Å². The number of hydrogen-bond donors (Lipinski definition) is 1. The topological polar surface area (TPSA) is 166 Å². The summed E-state index contributed by atoms with van der Waals surface area (Å²) < 4.78 is 49.1. The van der Waals surface area contributed by atoms with E-state index in [-0.39, 0.29) is 5.82 Å². The molecule has 0 bridgehead atoms. The fraction of sp³-hybridized carbons (Fsp3) is 0.308. The van der Waals surface area contributed by atoms with Crippen molar-refractivity contribution in [3.63, 3.8) is 0 Å². The lowest BCUT2D eigenvalue weighted by Gasteiger charge is -2.24. The molecule has 12 nitrogen and oxygen atoms in total. The van der Waals surface area contributed by atoms with Crippen LogP contribution in [0.2, 0.25) is 0 Å². The predicted molar refractivity (Wildman–Crippen MR) is 138 cm³/mol. The van der Waals surface area contributed by atoms with Crippen LogP contribution in [0, 0.1) is 0 Å². The SMILES string of the molecule is CC(=O)OC[C@H]1O[C@@H](n2cc(-c3ccccc3)c(N)nc2=O)[C@H](OC(C)=O)[C@H]1OS(=O)(=O)Cc1ccccc1. The molecule has 2 heterocycles. The third kappa shape index (κ3) is 6.88. The third-order valence-electron chi connectivity index (χ3n) is 5.82. The van der Waals surface area contributed by atoms with E-state index in [0.29, 0.717) is 16.7 Å². The van der Waals surface area contributed by atoms with E-state index in [1.54, 1.807) is 60.7 Å². The van der Waals surface area contributed by atoms with E-state index in [1.807, 2.05) is 0 Å². The Hall–Kier alpha value is -4.07. The number of rotatable bonds is 9. The van der Waals surface area contributed by atoms with Crippen LogP contribution in [-0.2, 0) is 43.9 Å². The lowest BCUT2D eigenvalue weighted by molar-refractivity contribution is -0.155. The fourth-order valence-corrected chi connectivity index (χ4v) is 5.43. The monoisotopic (exact) mass is 557 g/mol. The number of esters is 2. The standard InChI is InChI=1S/C26H27N3O9S/c1-16(30)35-14-21-22(38-39(33,34)15-18-9-5-3-6-10-18)23(36-17(2)31)25(37-21)29-13-20(24(27)28-26(29)32)19-11-7-4-8-12-19/h3-13,21-23,25H,14-15H2,1-2H3,(H2,27,28,32)/t21-,22+,23-,25-/m1/s1. The van der Waals surface area contributed by atoms with Crippen molar-refractivity contribution in [2.24, 2.45) is 0 Å². The molecule has 1 aromatic heterocycles. The quantitative estimate of drug-likeness (QED) is 0.301. The van der Waals surface area contributed by atoms with Gasteiger partial charge in [0, 0.05) is 25.6 Å². The summed E-state index contributed by atoms with van der Waals surface area (Å²) in [5.41, 5.74) is 6.67. The Morgan fingerprint density at radius 1 is 1.00 bits per heavy atom. The van der Waals surface area contributed by atoms with Gasteiger partial charge in [0.05, 0.1) is 0 Å². The molecule has 1 aliphatic rings. The zero-order chi connectivity index (χ0) is 28.2. The summed E-state index contributed by atoms with van der Waals surface area (Å²) in [6.07, 6.45) is -4.12. The zero-order valence-corrected chi connectivity index (χ0v) is 21.9. The van der Waals surface area contributed by atoms with Crippen LogP contribution in [0.15, 0.2) is 71.7 Å². The Balaban J connectivity index is 1.75. The lowest BCUT2D eigenvalue weighted by Crippen LogP contribution is -2.42. The summed E-state index contributed by atoms with van der Waals surface area (Å²) in [7, 11) is -4.27. The number of hydrogen-bond acceptors (Lipinski definition) is 11. The molecule has 0 aliphatic carbocycles. The van der Waals surface area contributed by atoms with Crippen LogP contribution in [0.3, 0.4) is 0 Å². The maximum atomic E-state index is 13.0. The average molecular weight is 558 g/mol. The molecule has 2 aromatic carbocycles. The highest BCUT2D eigenvalue weighted by Crippen LogP contribution is 2.36. The largest absolute Gasteiger partial charge is 0.463 e. The second kappa shape index (κ2) is 11.8. The van der Waals surface area contributed by atoms with Gasteiger partial charge in [-0.15, -0.1) is 0 Å². The molecule has 1 saturated heterocycles. The van der Waals surface area contributed by atoms with Crippen LogP contribution in [0.5, 0.6) is 0 Å². The average Bonchev–Trinajstić information content (AvgIpc) is 3.19. The summed E-state index contributed by atoms with van der Waals surface area (Å²) in [6, 6.07) is 17.2. The van der Waals surface area contributed by atoms with Gasteiger partial charge in [0.1, 0.15) is 30.4 Å². The molecule has 1 fully saturated rings. The molecule has 1 aliphatic heterocycles. The summed E-state index contributed by atoms with van der Waals surface area (Å²) >= 11 is 0. The predicted octanol–water partition coefficient (Wildman–Crippen LogP) is 1.80. The Morgan fingerprint density at radius 3 is 2.26 bits per heavy atom. The van der Waals surface area contributed by atoms with E-state index in [4.69, 9.17) is 24.1 Å². The minimum Gasteiger partial charge on any atom is -0.463 e. The van der Waals surface area contributed by atoms with Crippen molar-refractivity contribution in [2.75, 3.05) is 12.3 Å². The number of nitrogens with zero attached hydrogens (tertiary/aromatic N) is 2. The van der Waals surface area contributed by atoms with Crippen molar-refractivity contribution in [1.29, 1.82) is 0 Å². The number of benzene rings is 2.